The smallest absolute Gasteiger partial charge is 0.191 e. The number of rotatable bonds is 15. The van der Waals surface area contributed by atoms with Gasteiger partial charge in [0, 0.05) is 47.1 Å². The van der Waals surface area contributed by atoms with E-state index in [0.717, 1.165) is 45.0 Å². The second-order valence-electron chi connectivity index (χ2n) is 4.60. The molecule has 0 atom stereocenters. The fourth-order valence-electron chi connectivity index (χ4n) is 1.57. The van der Waals surface area contributed by atoms with Crippen LogP contribution in [0.2, 0.25) is 0 Å². The zero-order valence-electron chi connectivity index (χ0n) is 14.8. The summed E-state index contributed by atoms with van der Waals surface area (Å²) in [4.78, 5) is 4.50. The number of nitrogens with zero attached hydrogens (tertiary/aromatic N) is 1. The SMILES string of the molecule is CCNC(=NCCCOCCOC)NCCCOCCOC.I. The van der Waals surface area contributed by atoms with Crippen molar-refractivity contribution < 1.29 is 18.9 Å². The van der Waals surface area contributed by atoms with Crippen LogP contribution in [0.15, 0.2) is 4.99 Å². The summed E-state index contributed by atoms with van der Waals surface area (Å²) in [6.45, 7) is 8.48. The molecule has 0 aromatic carbocycles. The molecule has 0 amide bonds. The molecule has 0 aromatic rings. The summed E-state index contributed by atoms with van der Waals surface area (Å²) in [5.74, 6) is 0.844. The number of aliphatic imine (C=N–C) groups is 1. The van der Waals surface area contributed by atoms with Crippen LogP contribution < -0.4 is 10.6 Å². The van der Waals surface area contributed by atoms with Crippen molar-refractivity contribution in [3.63, 3.8) is 0 Å². The third-order valence-electron chi connectivity index (χ3n) is 2.68. The van der Waals surface area contributed by atoms with Gasteiger partial charge in [-0.3, -0.25) is 4.99 Å². The summed E-state index contributed by atoms with van der Waals surface area (Å²) in [5.41, 5.74) is 0. The Bertz CT molecular complexity index is 259. The molecule has 0 aliphatic heterocycles. The Balaban J connectivity index is 0. The van der Waals surface area contributed by atoms with Crippen LogP contribution in [0.1, 0.15) is 19.8 Å². The second-order valence-corrected chi connectivity index (χ2v) is 4.60. The van der Waals surface area contributed by atoms with E-state index in [1.807, 2.05) is 0 Å². The van der Waals surface area contributed by atoms with E-state index in [-0.39, 0.29) is 24.0 Å². The van der Waals surface area contributed by atoms with Gasteiger partial charge < -0.3 is 29.6 Å². The third kappa shape index (κ3) is 19.8. The van der Waals surface area contributed by atoms with E-state index in [1.165, 1.54) is 0 Å². The van der Waals surface area contributed by atoms with E-state index in [0.29, 0.717) is 33.0 Å². The van der Waals surface area contributed by atoms with Crippen molar-refractivity contribution >= 4 is 29.9 Å². The number of methoxy groups -OCH3 is 2. The van der Waals surface area contributed by atoms with Crippen LogP contribution in [-0.2, 0) is 18.9 Å². The van der Waals surface area contributed by atoms with E-state index in [1.54, 1.807) is 14.2 Å². The van der Waals surface area contributed by atoms with Gasteiger partial charge in [0.2, 0.25) is 0 Å². The molecule has 0 radical (unpaired) electrons. The van der Waals surface area contributed by atoms with Gasteiger partial charge in [-0.1, -0.05) is 0 Å². The molecule has 0 rings (SSSR count). The zero-order chi connectivity index (χ0) is 16.3. The average Bonchev–Trinajstić information content (AvgIpc) is 2.53. The molecule has 0 spiro atoms. The van der Waals surface area contributed by atoms with Crippen molar-refractivity contribution in [1.82, 2.24) is 10.6 Å². The molecule has 0 fully saturated rings. The molecule has 0 aliphatic rings. The fourth-order valence-corrected chi connectivity index (χ4v) is 1.57. The Morgan fingerprint density at radius 2 is 1.43 bits per heavy atom. The van der Waals surface area contributed by atoms with E-state index in [4.69, 9.17) is 18.9 Å². The summed E-state index contributed by atoms with van der Waals surface area (Å²) in [5, 5.41) is 6.51. The van der Waals surface area contributed by atoms with E-state index < -0.39 is 0 Å². The van der Waals surface area contributed by atoms with Gasteiger partial charge in [-0.15, -0.1) is 24.0 Å². The van der Waals surface area contributed by atoms with E-state index >= 15 is 0 Å². The van der Waals surface area contributed by atoms with Crippen molar-refractivity contribution in [3.8, 4) is 0 Å². The van der Waals surface area contributed by atoms with Gasteiger partial charge in [-0.2, -0.15) is 0 Å². The maximum atomic E-state index is 5.41. The normalized spacial score (nSPS) is 11.2. The molecule has 0 heterocycles. The Morgan fingerprint density at radius 1 is 0.826 bits per heavy atom. The maximum absolute atomic E-state index is 5.41. The lowest BCUT2D eigenvalue weighted by Crippen LogP contribution is -2.38. The van der Waals surface area contributed by atoms with Gasteiger partial charge in [0.25, 0.3) is 0 Å². The first-order valence-corrected chi connectivity index (χ1v) is 8.00. The minimum atomic E-state index is 0. The first-order valence-electron chi connectivity index (χ1n) is 8.00. The minimum absolute atomic E-state index is 0. The molecule has 23 heavy (non-hydrogen) atoms. The Morgan fingerprint density at radius 3 is 2.00 bits per heavy atom. The molecule has 2 N–H and O–H groups in total. The molecule has 0 bridgehead atoms. The van der Waals surface area contributed by atoms with Gasteiger partial charge in [-0.05, 0) is 19.8 Å². The Labute approximate surface area is 157 Å². The number of nitrogens with one attached hydrogen (secondary N) is 2. The largest absolute Gasteiger partial charge is 0.382 e. The number of hydrogen-bond donors (Lipinski definition) is 2. The highest BCUT2D eigenvalue weighted by Crippen LogP contribution is 1.86. The maximum Gasteiger partial charge on any atom is 0.191 e. The number of halogens is 1. The van der Waals surface area contributed by atoms with Crippen LogP contribution in [0.4, 0.5) is 0 Å². The van der Waals surface area contributed by atoms with Gasteiger partial charge in [0.15, 0.2) is 5.96 Å². The lowest BCUT2D eigenvalue weighted by Gasteiger charge is -2.11. The van der Waals surface area contributed by atoms with Crippen molar-refractivity contribution in [2.75, 3.05) is 73.5 Å². The van der Waals surface area contributed by atoms with E-state index in [2.05, 4.69) is 22.5 Å². The predicted octanol–water partition coefficient (Wildman–Crippen LogP) is 1.27. The first kappa shape index (κ1) is 25.1. The molecule has 7 nitrogen and oxygen atoms in total. The molecular weight excluding hydrogens is 413 g/mol. The first-order chi connectivity index (χ1) is 10.8. The average molecular weight is 447 g/mol. The standard InChI is InChI=1S/C15H33N3O4.HI/c1-4-16-15(17-7-5-9-21-13-11-19-2)18-8-6-10-22-14-12-20-3;/h4-14H2,1-3H3,(H2,16,17,18);1H. The highest BCUT2D eigenvalue weighted by atomic mass is 127. The van der Waals surface area contributed by atoms with Crippen LogP contribution in [0.25, 0.3) is 0 Å². The molecule has 140 valence electrons. The second kappa shape index (κ2) is 21.8. The lowest BCUT2D eigenvalue weighted by atomic mass is 10.4. The summed E-state index contributed by atoms with van der Waals surface area (Å²) >= 11 is 0. The van der Waals surface area contributed by atoms with Crippen molar-refractivity contribution in [2.24, 2.45) is 4.99 Å². The summed E-state index contributed by atoms with van der Waals surface area (Å²) in [6.07, 6.45) is 1.84. The summed E-state index contributed by atoms with van der Waals surface area (Å²) in [6, 6.07) is 0. The van der Waals surface area contributed by atoms with Crippen molar-refractivity contribution in [2.45, 2.75) is 19.8 Å². The summed E-state index contributed by atoms with van der Waals surface area (Å²) < 4.78 is 20.6. The van der Waals surface area contributed by atoms with Crippen LogP contribution >= 0.6 is 24.0 Å². The van der Waals surface area contributed by atoms with Crippen LogP contribution in [-0.4, -0.2) is 79.5 Å². The quantitative estimate of drug-likeness (QED) is 0.171. The highest BCUT2D eigenvalue weighted by molar-refractivity contribution is 14.0. The van der Waals surface area contributed by atoms with Gasteiger partial charge in [-0.25, -0.2) is 0 Å². The van der Waals surface area contributed by atoms with Crippen molar-refractivity contribution in [1.29, 1.82) is 0 Å². The Kier molecular flexibility index (Phi) is 23.8. The number of ether oxygens (including phenoxy) is 4. The lowest BCUT2D eigenvalue weighted by molar-refractivity contribution is 0.0698. The van der Waals surface area contributed by atoms with Crippen LogP contribution in [0, 0.1) is 0 Å². The molecule has 0 aliphatic carbocycles. The van der Waals surface area contributed by atoms with Crippen molar-refractivity contribution in [3.05, 3.63) is 0 Å². The van der Waals surface area contributed by atoms with Gasteiger partial charge in [0.1, 0.15) is 0 Å². The molecule has 0 aromatic heterocycles. The molecule has 0 saturated carbocycles. The molecule has 0 saturated heterocycles. The third-order valence-corrected chi connectivity index (χ3v) is 2.68. The fraction of sp³-hybridized carbons (Fsp3) is 0.933. The highest BCUT2D eigenvalue weighted by Gasteiger charge is 1.97. The van der Waals surface area contributed by atoms with E-state index in [9.17, 15) is 0 Å². The predicted molar refractivity (Wildman–Crippen MR) is 104 cm³/mol. The topological polar surface area (TPSA) is 73.3 Å². The monoisotopic (exact) mass is 447 g/mol. The number of hydrogen-bond acceptors (Lipinski definition) is 5. The molecule has 0 unspecified atom stereocenters. The molecule has 8 heteroatoms. The van der Waals surface area contributed by atoms with Crippen LogP contribution in [0.5, 0.6) is 0 Å². The van der Waals surface area contributed by atoms with Crippen LogP contribution in [0.3, 0.4) is 0 Å². The van der Waals surface area contributed by atoms with Gasteiger partial charge >= 0.3 is 0 Å². The minimum Gasteiger partial charge on any atom is -0.382 e. The number of guanidine groups is 1. The van der Waals surface area contributed by atoms with Gasteiger partial charge in [0.05, 0.1) is 26.4 Å². The Hall–Kier alpha value is -0.160. The zero-order valence-corrected chi connectivity index (χ0v) is 17.1. The summed E-state index contributed by atoms with van der Waals surface area (Å²) in [7, 11) is 3.34. The molecular formula is C15H34IN3O4.